The second-order valence-corrected chi connectivity index (χ2v) is 5.50. The van der Waals surface area contributed by atoms with Gasteiger partial charge in [0.1, 0.15) is 4.32 Å². The van der Waals surface area contributed by atoms with Crippen LogP contribution in [0.25, 0.3) is 6.08 Å². The Morgan fingerprint density at radius 3 is 2.74 bits per heavy atom. The first-order valence-corrected chi connectivity index (χ1v) is 6.61. The van der Waals surface area contributed by atoms with E-state index in [1.165, 1.54) is 6.92 Å². The molecule has 0 N–H and O–H groups in total. The van der Waals surface area contributed by atoms with Gasteiger partial charge in [0.2, 0.25) is 0 Å². The third-order valence-corrected chi connectivity index (χ3v) is 3.89. The Morgan fingerprint density at radius 1 is 1.53 bits per heavy atom. The topological polar surface area (TPSA) is 73.3 Å². The molecule has 0 saturated carbocycles. The van der Waals surface area contributed by atoms with Gasteiger partial charge in [0.15, 0.2) is 0 Å². The van der Waals surface area contributed by atoms with Crippen molar-refractivity contribution in [2.45, 2.75) is 13.0 Å². The fourth-order valence-electron chi connectivity index (χ4n) is 1.53. The van der Waals surface area contributed by atoms with E-state index in [4.69, 9.17) is 12.2 Å². The zero-order chi connectivity index (χ0) is 14.0. The number of carboxylic acids is 1. The summed E-state index contributed by atoms with van der Waals surface area (Å²) in [5, 5.41) is 10.8. The smallest absolute Gasteiger partial charge is 0.266 e. The number of carbonyl (C=O) groups excluding carboxylic acids is 2. The Balaban J connectivity index is 2.28. The Labute approximate surface area is 119 Å². The van der Waals surface area contributed by atoms with Gasteiger partial charge in [0, 0.05) is 12.4 Å². The Bertz CT molecular complexity index is 572. The van der Waals surface area contributed by atoms with Crippen LogP contribution in [0.2, 0.25) is 0 Å². The molecule has 0 unspecified atom stereocenters. The maximum Gasteiger partial charge on any atom is 0.266 e. The van der Waals surface area contributed by atoms with E-state index in [9.17, 15) is 14.7 Å². The lowest BCUT2D eigenvalue weighted by molar-refractivity contribution is -0.309. The first-order valence-electron chi connectivity index (χ1n) is 5.38. The molecular formula is C12H9N2O3S2-. The SMILES string of the molecule is C[C@@H](C(=O)[O-])N1C(=O)/C(=C\c2ccncc2)SC1=S. The molecule has 1 saturated heterocycles. The Hall–Kier alpha value is -1.73. The number of aliphatic carboxylic acids is 1. The van der Waals surface area contributed by atoms with Gasteiger partial charge in [-0.2, -0.15) is 0 Å². The molecule has 19 heavy (non-hydrogen) atoms. The van der Waals surface area contributed by atoms with Crippen molar-refractivity contribution >= 4 is 46.3 Å². The number of thioether (sulfide) groups is 1. The van der Waals surface area contributed by atoms with E-state index >= 15 is 0 Å². The molecule has 1 aromatic rings. The summed E-state index contributed by atoms with van der Waals surface area (Å²) in [6, 6.07) is 2.42. The van der Waals surface area contributed by atoms with E-state index in [-0.39, 0.29) is 4.32 Å². The highest BCUT2D eigenvalue weighted by atomic mass is 32.2. The maximum atomic E-state index is 12.1. The van der Waals surface area contributed by atoms with Gasteiger partial charge in [-0.25, -0.2) is 0 Å². The van der Waals surface area contributed by atoms with Crippen LogP contribution in [-0.4, -0.2) is 32.1 Å². The molecule has 2 heterocycles. The minimum atomic E-state index is -1.33. The van der Waals surface area contributed by atoms with Crippen LogP contribution in [0.5, 0.6) is 0 Å². The molecule has 0 spiro atoms. The fraction of sp³-hybridized carbons (Fsp3) is 0.167. The molecule has 5 nitrogen and oxygen atoms in total. The van der Waals surface area contributed by atoms with E-state index in [2.05, 4.69) is 4.98 Å². The number of hydrogen-bond acceptors (Lipinski definition) is 6. The average Bonchev–Trinajstić information content (AvgIpc) is 2.65. The van der Waals surface area contributed by atoms with Crippen LogP contribution in [0, 0.1) is 0 Å². The summed E-state index contributed by atoms with van der Waals surface area (Å²) < 4.78 is 0.224. The van der Waals surface area contributed by atoms with Crippen molar-refractivity contribution in [1.82, 2.24) is 9.88 Å². The number of hydrogen-bond donors (Lipinski definition) is 0. The first kappa shape index (κ1) is 13.7. The molecule has 0 radical (unpaired) electrons. The summed E-state index contributed by atoms with van der Waals surface area (Å²) in [5.41, 5.74) is 0.802. The van der Waals surface area contributed by atoms with Gasteiger partial charge in [-0.15, -0.1) is 0 Å². The van der Waals surface area contributed by atoms with Crippen molar-refractivity contribution in [2.75, 3.05) is 0 Å². The second kappa shape index (κ2) is 5.50. The van der Waals surface area contributed by atoms with Crippen molar-refractivity contribution in [2.24, 2.45) is 0 Å². The minimum Gasteiger partial charge on any atom is -0.548 e. The molecule has 7 heteroatoms. The molecule has 98 valence electrons. The summed E-state index contributed by atoms with van der Waals surface area (Å²) in [5.74, 6) is -1.75. The zero-order valence-electron chi connectivity index (χ0n) is 9.90. The summed E-state index contributed by atoms with van der Waals surface area (Å²) >= 11 is 6.11. The predicted octanol–water partition coefficient (Wildman–Crippen LogP) is 0.421. The summed E-state index contributed by atoms with van der Waals surface area (Å²) in [4.78, 5) is 28.3. The van der Waals surface area contributed by atoms with Crippen molar-refractivity contribution in [1.29, 1.82) is 0 Å². The van der Waals surface area contributed by atoms with Crippen LogP contribution in [0.1, 0.15) is 12.5 Å². The van der Waals surface area contributed by atoms with Crippen LogP contribution >= 0.6 is 24.0 Å². The molecule has 0 aromatic carbocycles. The highest BCUT2D eigenvalue weighted by molar-refractivity contribution is 8.26. The van der Waals surface area contributed by atoms with E-state index in [1.54, 1.807) is 30.6 Å². The molecule has 1 fully saturated rings. The Kier molecular flexibility index (Phi) is 3.96. The third-order valence-electron chi connectivity index (χ3n) is 2.56. The monoisotopic (exact) mass is 293 g/mol. The van der Waals surface area contributed by atoms with Crippen molar-refractivity contribution in [3.05, 3.63) is 35.0 Å². The van der Waals surface area contributed by atoms with Crippen LogP contribution in [0.3, 0.4) is 0 Å². The Morgan fingerprint density at radius 2 is 2.16 bits per heavy atom. The van der Waals surface area contributed by atoms with Gasteiger partial charge in [0.05, 0.1) is 16.9 Å². The van der Waals surface area contributed by atoms with E-state index in [0.29, 0.717) is 4.91 Å². The second-order valence-electron chi connectivity index (χ2n) is 3.83. The lowest BCUT2D eigenvalue weighted by Crippen LogP contribution is -2.48. The van der Waals surface area contributed by atoms with Crippen molar-refractivity contribution < 1.29 is 14.7 Å². The number of amides is 1. The quantitative estimate of drug-likeness (QED) is 0.594. The van der Waals surface area contributed by atoms with Crippen molar-refractivity contribution in [3.63, 3.8) is 0 Å². The van der Waals surface area contributed by atoms with Crippen LogP contribution in [0.15, 0.2) is 29.4 Å². The summed E-state index contributed by atoms with van der Waals surface area (Å²) in [6.07, 6.45) is 4.87. The minimum absolute atomic E-state index is 0.224. The molecular weight excluding hydrogens is 284 g/mol. The molecule has 2 rings (SSSR count). The molecule has 1 atom stereocenters. The van der Waals surface area contributed by atoms with Crippen LogP contribution in [0.4, 0.5) is 0 Å². The number of carboxylic acid groups (broad SMARTS) is 1. The average molecular weight is 293 g/mol. The molecule has 0 bridgehead atoms. The lowest BCUT2D eigenvalue weighted by Gasteiger charge is -2.23. The maximum absolute atomic E-state index is 12.1. The standard InChI is InChI=1S/C12H10N2O3S2/c1-7(11(16)17)14-10(15)9(19-12(14)18)6-8-2-4-13-5-3-8/h2-7H,1H3,(H,16,17)/p-1/b9-6+/t7-/m0/s1. The molecule has 0 aliphatic carbocycles. The third kappa shape index (κ3) is 2.82. The molecule has 1 aliphatic heterocycles. The van der Waals surface area contributed by atoms with Crippen LogP contribution < -0.4 is 5.11 Å². The number of pyridine rings is 1. The zero-order valence-corrected chi connectivity index (χ0v) is 11.5. The number of aromatic nitrogens is 1. The number of thiocarbonyl (C=S) groups is 1. The lowest BCUT2D eigenvalue weighted by atomic mass is 10.2. The molecule has 1 aliphatic rings. The van der Waals surface area contributed by atoms with Gasteiger partial charge in [-0.1, -0.05) is 24.0 Å². The van der Waals surface area contributed by atoms with Gasteiger partial charge in [-0.3, -0.25) is 14.7 Å². The van der Waals surface area contributed by atoms with Gasteiger partial charge in [0.25, 0.3) is 5.91 Å². The highest BCUT2D eigenvalue weighted by Gasteiger charge is 2.35. The van der Waals surface area contributed by atoms with E-state index in [1.807, 2.05) is 0 Å². The summed E-state index contributed by atoms with van der Waals surface area (Å²) in [6.45, 7) is 1.37. The summed E-state index contributed by atoms with van der Waals surface area (Å²) in [7, 11) is 0. The van der Waals surface area contributed by atoms with Crippen LogP contribution in [-0.2, 0) is 9.59 Å². The van der Waals surface area contributed by atoms with E-state index in [0.717, 1.165) is 22.2 Å². The van der Waals surface area contributed by atoms with E-state index < -0.39 is 17.9 Å². The molecule has 1 aromatic heterocycles. The number of carbonyl (C=O) groups is 2. The number of rotatable bonds is 3. The first-order chi connectivity index (χ1) is 9.00. The highest BCUT2D eigenvalue weighted by Crippen LogP contribution is 2.33. The van der Waals surface area contributed by atoms with Gasteiger partial charge < -0.3 is 9.90 Å². The normalized spacial score (nSPS) is 19.0. The van der Waals surface area contributed by atoms with Gasteiger partial charge in [-0.05, 0) is 30.7 Å². The fourth-order valence-corrected chi connectivity index (χ4v) is 2.95. The van der Waals surface area contributed by atoms with Crippen molar-refractivity contribution in [3.8, 4) is 0 Å². The number of nitrogens with zero attached hydrogens (tertiary/aromatic N) is 2. The predicted molar refractivity (Wildman–Crippen MR) is 73.7 cm³/mol. The van der Waals surface area contributed by atoms with Gasteiger partial charge >= 0.3 is 0 Å². The largest absolute Gasteiger partial charge is 0.548 e. The molecule has 1 amide bonds.